The van der Waals surface area contributed by atoms with Crippen LogP contribution in [0.5, 0.6) is 11.5 Å². The molecule has 0 aliphatic carbocycles. The predicted molar refractivity (Wildman–Crippen MR) is 162 cm³/mol. The molecule has 216 valence electrons. The number of nitrogens with zero attached hydrogens (tertiary/aromatic N) is 4. The molecule has 0 saturated carbocycles. The molecule has 4 heterocycles. The molecule has 0 spiro atoms. The molecule has 0 saturated heterocycles. The maximum atomic E-state index is 14.2. The molecule has 0 fully saturated rings. The van der Waals surface area contributed by atoms with Gasteiger partial charge in [0.2, 0.25) is 6.79 Å². The molecule has 2 aromatic heterocycles. The van der Waals surface area contributed by atoms with E-state index in [0.717, 1.165) is 22.2 Å². The van der Waals surface area contributed by atoms with Crippen LogP contribution in [0.4, 0.5) is 0 Å². The minimum absolute atomic E-state index is 0.0920. The fraction of sp³-hybridized carbons (Fsp3) is 0.188. The van der Waals surface area contributed by atoms with Gasteiger partial charge in [0.05, 0.1) is 39.5 Å². The van der Waals surface area contributed by atoms with Gasteiger partial charge in [0, 0.05) is 19.7 Å². The number of imidazole rings is 1. The van der Waals surface area contributed by atoms with Gasteiger partial charge in [-0.15, -0.1) is 0 Å². The van der Waals surface area contributed by atoms with Crippen LogP contribution < -0.4 is 30.1 Å². The van der Waals surface area contributed by atoms with Gasteiger partial charge in [0.25, 0.3) is 5.56 Å². The van der Waals surface area contributed by atoms with Gasteiger partial charge in [-0.05, 0) is 48.4 Å². The van der Waals surface area contributed by atoms with Crippen LogP contribution in [-0.2, 0) is 23.6 Å². The van der Waals surface area contributed by atoms with Gasteiger partial charge in [-0.3, -0.25) is 18.5 Å². The molecule has 7 rings (SSSR count). The molecule has 2 aliphatic heterocycles. The van der Waals surface area contributed by atoms with Gasteiger partial charge in [-0.25, -0.2) is 14.6 Å². The Morgan fingerprint density at radius 1 is 1.00 bits per heavy atom. The number of carbonyl (C=O) groups is 1. The monoisotopic (exact) mass is 594 g/mol. The number of ether oxygens (including phenoxy) is 3. The number of esters is 1. The Morgan fingerprint density at radius 3 is 2.56 bits per heavy atom. The molecule has 0 amide bonds. The summed E-state index contributed by atoms with van der Waals surface area (Å²) < 4.78 is 21.8. The van der Waals surface area contributed by atoms with Crippen molar-refractivity contribution in [2.45, 2.75) is 13.0 Å². The summed E-state index contributed by atoms with van der Waals surface area (Å²) in [5, 5.41) is 0. The highest BCUT2D eigenvalue weighted by Crippen LogP contribution is 2.40. The van der Waals surface area contributed by atoms with E-state index >= 15 is 0 Å². The smallest absolute Gasteiger partial charge is 0.338 e. The lowest BCUT2D eigenvalue weighted by Crippen LogP contribution is -2.40. The number of carbonyl (C=O) groups excluding carboxylic acids is 1. The van der Waals surface area contributed by atoms with Crippen molar-refractivity contribution in [3.8, 4) is 11.5 Å². The molecule has 3 aromatic carbocycles. The number of benzene rings is 3. The zero-order chi connectivity index (χ0) is 29.8. The van der Waals surface area contributed by atoms with Crippen molar-refractivity contribution in [1.82, 2.24) is 13.7 Å². The topological polar surface area (TPSA) is 106 Å². The number of aromatic nitrogens is 3. The summed E-state index contributed by atoms with van der Waals surface area (Å²) in [6.45, 7) is 1.99. The third-order valence-electron chi connectivity index (χ3n) is 7.68. The van der Waals surface area contributed by atoms with Gasteiger partial charge >= 0.3 is 11.7 Å². The highest BCUT2D eigenvalue weighted by molar-refractivity contribution is 7.07. The fourth-order valence-corrected chi connectivity index (χ4v) is 6.60. The summed E-state index contributed by atoms with van der Waals surface area (Å²) in [7, 11) is 3.44. The van der Waals surface area contributed by atoms with Crippen molar-refractivity contribution in [1.29, 1.82) is 0 Å². The Kier molecular flexibility index (Phi) is 6.39. The molecule has 0 bridgehead atoms. The van der Waals surface area contributed by atoms with Crippen LogP contribution in [0.15, 0.2) is 86.9 Å². The number of aryl methyl sites for hydroxylation is 2. The van der Waals surface area contributed by atoms with Crippen LogP contribution in [0.2, 0.25) is 0 Å². The van der Waals surface area contributed by atoms with Crippen LogP contribution >= 0.6 is 11.3 Å². The van der Waals surface area contributed by atoms with Crippen LogP contribution in [0.3, 0.4) is 0 Å². The largest absolute Gasteiger partial charge is 0.463 e. The fourth-order valence-electron chi connectivity index (χ4n) is 5.60. The Hall–Kier alpha value is -5.16. The van der Waals surface area contributed by atoms with E-state index in [-0.39, 0.29) is 30.2 Å². The van der Waals surface area contributed by atoms with Gasteiger partial charge in [-0.2, -0.15) is 0 Å². The third-order valence-corrected chi connectivity index (χ3v) is 8.66. The SMILES string of the molecule is CCOC(=O)C1=C(c2ccccc2)N=c2sc(=Cc3ccc4c(c3)n(C)c(=O)n4C)c(=O)n2[C@H]1c1ccc2c(c1)OCO2. The third kappa shape index (κ3) is 4.31. The number of hydrogen-bond acceptors (Lipinski definition) is 8. The van der Waals surface area contributed by atoms with Crippen molar-refractivity contribution in [2.75, 3.05) is 13.4 Å². The number of fused-ring (bicyclic) bond motifs is 3. The lowest BCUT2D eigenvalue weighted by molar-refractivity contribution is -0.138. The molecule has 0 unspecified atom stereocenters. The Bertz CT molecular complexity index is 2220. The van der Waals surface area contributed by atoms with Crippen LogP contribution in [0.1, 0.15) is 29.7 Å². The number of thiazole rings is 1. The highest BCUT2D eigenvalue weighted by atomic mass is 32.1. The van der Waals surface area contributed by atoms with Crippen LogP contribution in [0.25, 0.3) is 22.8 Å². The average molecular weight is 595 g/mol. The summed E-state index contributed by atoms with van der Waals surface area (Å²) in [5.41, 5.74) is 3.95. The Balaban J connectivity index is 1.49. The first-order chi connectivity index (χ1) is 20.9. The number of hydrogen-bond donors (Lipinski definition) is 0. The zero-order valence-electron chi connectivity index (χ0n) is 23.6. The summed E-state index contributed by atoms with van der Waals surface area (Å²) in [4.78, 5) is 45.6. The molecule has 10 nitrogen and oxygen atoms in total. The Morgan fingerprint density at radius 2 is 1.77 bits per heavy atom. The molecule has 0 N–H and O–H groups in total. The quantitative estimate of drug-likeness (QED) is 0.290. The van der Waals surface area contributed by atoms with E-state index in [1.54, 1.807) is 52.9 Å². The van der Waals surface area contributed by atoms with Crippen molar-refractivity contribution in [3.05, 3.63) is 119 Å². The summed E-state index contributed by atoms with van der Waals surface area (Å²) in [6, 6.07) is 19.6. The summed E-state index contributed by atoms with van der Waals surface area (Å²) in [5.74, 6) is 0.562. The molecule has 43 heavy (non-hydrogen) atoms. The van der Waals surface area contributed by atoms with Gasteiger partial charge in [-0.1, -0.05) is 53.8 Å². The van der Waals surface area contributed by atoms with Crippen LogP contribution in [-0.4, -0.2) is 33.1 Å². The van der Waals surface area contributed by atoms with Gasteiger partial charge in [0.1, 0.15) is 0 Å². The minimum atomic E-state index is -0.834. The summed E-state index contributed by atoms with van der Waals surface area (Å²) in [6.07, 6.45) is 1.79. The molecule has 5 aromatic rings. The van der Waals surface area contributed by atoms with E-state index in [2.05, 4.69) is 0 Å². The van der Waals surface area contributed by atoms with Crippen molar-refractivity contribution >= 4 is 40.1 Å². The molecule has 11 heteroatoms. The number of rotatable bonds is 5. The van der Waals surface area contributed by atoms with Crippen molar-refractivity contribution in [2.24, 2.45) is 19.1 Å². The lowest BCUT2D eigenvalue weighted by atomic mass is 9.93. The molecule has 2 aliphatic rings. The second-order valence-electron chi connectivity index (χ2n) is 10.2. The van der Waals surface area contributed by atoms with E-state index in [0.29, 0.717) is 32.1 Å². The van der Waals surface area contributed by atoms with E-state index in [4.69, 9.17) is 19.2 Å². The normalized spacial score (nSPS) is 16.0. The first-order valence-electron chi connectivity index (χ1n) is 13.7. The van der Waals surface area contributed by atoms with E-state index < -0.39 is 12.0 Å². The van der Waals surface area contributed by atoms with Gasteiger partial charge in [0.15, 0.2) is 16.3 Å². The minimum Gasteiger partial charge on any atom is -0.463 e. The second-order valence-corrected chi connectivity index (χ2v) is 11.2. The average Bonchev–Trinajstić information content (AvgIpc) is 3.68. The molecular weight excluding hydrogens is 568 g/mol. The van der Waals surface area contributed by atoms with E-state index in [1.165, 1.54) is 11.3 Å². The second kappa shape index (κ2) is 10.3. The Labute approximate surface area is 248 Å². The lowest BCUT2D eigenvalue weighted by Gasteiger charge is -2.26. The van der Waals surface area contributed by atoms with E-state index in [9.17, 15) is 14.4 Å². The first kappa shape index (κ1) is 26.7. The van der Waals surface area contributed by atoms with Crippen LogP contribution in [0, 0.1) is 0 Å². The first-order valence-corrected chi connectivity index (χ1v) is 14.5. The standard InChI is InChI=1S/C32H26N4O6S/c1-4-40-30(38)26-27(19-8-6-5-7-9-19)33-31-36(28(26)20-11-13-23-24(16-20)42-17-41-23)29(37)25(43-31)15-18-10-12-21-22(14-18)35(3)32(39)34(21)2/h5-16,28H,4,17H2,1-3H3/t28-/m0/s1. The van der Waals surface area contributed by atoms with Crippen molar-refractivity contribution in [3.63, 3.8) is 0 Å². The molecule has 0 radical (unpaired) electrons. The van der Waals surface area contributed by atoms with E-state index in [1.807, 2.05) is 54.6 Å². The van der Waals surface area contributed by atoms with Gasteiger partial charge < -0.3 is 14.2 Å². The van der Waals surface area contributed by atoms with Crippen molar-refractivity contribution < 1.29 is 19.0 Å². The zero-order valence-corrected chi connectivity index (χ0v) is 24.4. The summed E-state index contributed by atoms with van der Waals surface area (Å²) >= 11 is 1.24. The predicted octanol–water partition coefficient (Wildman–Crippen LogP) is 2.85. The molecule has 1 atom stereocenters. The maximum Gasteiger partial charge on any atom is 0.338 e. The maximum absolute atomic E-state index is 14.2. The molecular formula is C32H26N4O6S. The highest BCUT2D eigenvalue weighted by Gasteiger charge is 2.36.